The quantitative estimate of drug-likeness (QED) is 0.864. The third-order valence-corrected chi connectivity index (χ3v) is 6.32. The van der Waals surface area contributed by atoms with Gasteiger partial charge in [-0.05, 0) is 62.4 Å². The van der Waals surface area contributed by atoms with Crippen molar-refractivity contribution in [2.24, 2.45) is 5.92 Å². The molecule has 1 fully saturated rings. The molecule has 0 spiro atoms. The van der Waals surface area contributed by atoms with E-state index in [2.05, 4.69) is 11.6 Å². The lowest BCUT2D eigenvalue weighted by Gasteiger charge is -2.31. The summed E-state index contributed by atoms with van der Waals surface area (Å²) in [5.74, 6) is 0.367. The highest BCUT2D eigenvalue weighted by Crippen LogP contribution is 2.23. The topological polar surface area (TPSA) is 66.5 Å². The largest absolute Gasteiger partial charge is 0.338 e. The van der Waals surface area contributed by atoms with Crippen molar-refractivity contribution in [3.8, 4) is 0 Å². The van der Waals surface area contributed by atoms with E-state index in [1.54, 1.807) is 18.2 Å². The SMILES string of the molecule is Cc1ccc(NS(=O)(=O)c2cccc(C(=O)N3CCCC(C)C3)c2)c(C)c1. The maximum absolute atomic E-state index is 12.8. The molecular weight excluding hydrogens is 360 g/mol. The number of hydrogen-bond donors (Lipinski definition) is 1. The first kappa shape index (κ1) is 19.4. The van der Waals surface area contributed by atoms with Crippen molar-refractivity contribution in [3.05, 3.63) is 59.2 Å². The molecule has 0 saturated carbocycles. The molecule has 2 aromatic rings. The molecule has 5 nitrogen and oxygen atoms in total. The minimum atomic E-state index is -3.77. The van der Waals surface area contributed by atoms with Gasteiger partial charge in [-0.2, -0.15) is 0 Å². The van der Waals surface area contributed by atoms with Gasteiger partial charge in [-0.15, -0.1) is 0 Å². The molecule has 1 atom stereocenters. The Morgan fingerprint density at radius 3 is 2.63 bits per heavy atom. The number of benzene rings is 2. The van der Waals surface area contributed by atoms with Crippen LogP contribution in [0.4, 0.5) is 5.69 Å². The standard InChI is InChI=1S/C21H26N2O3S/c1-15-9-10-20(17(3)12-15)22-27(25,26)19-8-4-7-18(13-19)21(24)23-11-5-6-16(2)14-23/h4,7-10,12-13,16,22H,5-6,11,14H2,1-3H3. The summed E-state index contributed by atoms with van der Waals surface area (Å²) in [6, 6.07) is 11.8. The first-order valence-corrected chi connectivity index (χ1v) is 10.7. The van der Waals surface area contributed by atoms with Gasteiger partial charge in [-0.25, -0.2) is 8.42 Å². The highest BCUT2D eigenvalue weighted by atomic mass is 32.2. The second kappa shape index (κ2) is 7.72. The van der Waals surface area contributed by atoms with Crippen molar-refractivity contribution in [2.75, 3.05) is 17.8 Å². The lowest BCUT2D eigenvalue weighted by molar-refractivity contribution is 0.0683. The summed E-state index contributed by atoms with van der Waals surface area (Å²) in [6.07, 6.45) is 2.11. The molecule has 0 radical (unpaired) electrons. The highest BCUT2D eigenvalue weighted by Gasteiger charge is 2.23. The van der Waals surface area contributed by atoms with Crippen LogP contribution in [0.5, 0.6) is 0 Å². The Balaban J connectivity index is 1.84. The van der Waals surface area contributed by atoms with Crippen LogP contribution in [0, 0.1) is 19.8 Å². The van der Waals surface area contributed by atoms with E-state index in [0.29, 0.717) is 17.2 Å². The van der Waals surface area contributed by atoms with Crippen LogP contribution in [0.25, 0.3) is 0 Å². The van der Waals surface area contributed by atoms with E-state index in [1.165, 1.54) is 12.1 Å². The van der Waals surface area contributed by atoms with Crippen LogP contribution in [0.2, 0.25) is 0 Å². The third-order valence-electron chi connectivity index (χ3n) is 4.96. The van der Waals surface area contributed by atoms with Gasteiger partial charge in [0.05, 0.1) is 10.6 Å². The lowest BCUT2D eigenvalue weighted by Crippen LogP contribution is -2.39. The number of hydrogen-bond acceptors (Lipinski definition) is 3. The molecule has 2 aromatic carbocycles. The van der Waals surface area contributed by atoms with Crippen LogP contribution in [-0.4, -0.2) is 32.3 Å². The Morgan fingerprint density at radius 1 is 1.15 bits per heavy atom. The molecule has 1 aliphatic heterocycles. The van der Waals surface area contributed by atoms with E-state index in [-0.39, 0.29) is 10.8 Å². The molecule has 144 valence electrons. The summed E-state index contributed by atoms with van der Waals surface area (Å²) in [6.45, 7) is 7.40. The van der Waals surface area contributed by atoms with Crippen LogP contribution < -0.4 is 4.72 Å². The third kappa shape index (κ3) is 4.50. The van der Waals surface area contributed by atoms with Gasteiger partial charge in [-0.1, -0.05) is 30.7 Å². The zero-order valence-electron chi connectivity index (χ0n) is 16.0. The number of carbonyl (C=O) groups is 1. The Morgan fingerprint density at radius 2 is 1.93 bits per heavy atom. The van der Waals surface area contributed by atoms with Crippen LogP contribution in [0.15, 0.2) is 47.4 Å². The smallest absolute Gasteiger partial charge is 0.261 e. The summed E-state index contributed by atoms with van der Waals surface area (Å²) < 4.78 is 28.2. The molecule has 1 saturated heterocycles. The van der Waals surface area contributed by atoms with Gasteiger partial charge in [-0.3, -0.25) is 9.52 Å². The van der Waals surface area contributed by atoms with Crippen LogP contribution in [-0.2, 0) is 10.0 Å². The number of rotatable bonds is 4. The second-order valence-electron chi connectivity index (χ2n) is 7.45. The van der Waals surface area contributed by atoms with E-state index in [9.17, 15) is 13.2 Å². The number of anilines is 1. The molecule has 0 bridgehead atoms. The molecule has 0 aromatic heterocycles. The number of nitrogens with zero attached hydrogens (tertiary/aromatic N) is 1. The number of aryl methyl sites for hydroxylation is 2. The van der Waals surface area contributed by atoms with Crippen molar-refractivity contribution >= 4 is 21.6 Å². The average Bonchev–Trinajstić information content (AvgIpc) is 2.63. The monoisotopic (exact) mass is 386 g/mol. The molecule has 1 amide bonds. The number of carbonyl (C=O) groups excluding carboxylic acids is 1. The van der Waals surface area contributed by atoms with Crippen molar-refractivity contribution < 1.29 is 13.2 Å². The van der Waals surface area contributed by atoms with Crippen LogP contribution >= 0.6 is 0 Å². The predicted octanol–water partition coefficient (Wildman–Crippen LogP) is 3.98. The Bertz CT molecular complexity index is 954. The second-order valence-corrected chi connectivity index (χ2v) is 9.13. The van der Waals surface area contributed by atoms with Crippen molar-refractivity contribution in [2.45, 2.75) is 38.5 Å². The molecule has 6 heteroatoms. The number of sulfonamides is 1. The van der Waals surface area contributed by atoms with Gasteiger partial charge in [0.25, 0.3) is 15.9 Å². The first-order chi connectivity index (χ1) is 12.8. The maximum Gasteiger partial charge on any atom is 0.261 e. The van der Waals surface area contributed by atoms with Gasteiger partial charge in [0.1, 0.15) is 0 Å². The fraction of sp³-hybridized carbons (Fsp3) is 0.381. The van der Waals surface area contributed by atoms with E-state index in [4.69, 9.17) is 0 Å². The van der Waals surface area contributed by atoms with Gasteiger partial charge in [0.2, 0.25) is 0 Å². The Labute approximate surface area is 161 Å². The van der Waals surface area contributed by atoms with Crippen molar-refractivity contribution in [1.82, 2.24) is 4.90 Å². The fourth-order valence-corrected chi connectivity index (χ4v) is 4.66. The first-order valence-electron chi connectivity index (χ1n) is 9.26. The summed E-state index contributed by atoms with van der Waals surface area (Å²) in [5, 5.41) is 0. The summed E-state index contributed by atoms with van der Waals surface area (Å²) in [7, 11) is -3.77. The molecule has 1 N–H and O–H groups in total. The molecular formula is C21H26N2O3S. The lowest BCUT2D eigenvalue weighted by atomic mass is 9.99. The van der Waals surface area contributed by atoms with Crippen LogP contribution in [0.1, 0.15) is 41.3 Å². The van der Waals surface area contributed by atoms with Crippen molar-refractivity contribution in [3.63, 3.8) is 0 Å². The minimum Gasteiger partial charge on any atom is -0.338 e. The zero-order valence-corrected chi connectivity index (χ0v) is 16.8. The highest BCUT2D eigenvalue weighted by molar-refractivity contribution is 7.92. The molecule has 27 heavy (non-hydrogen) atoms. The number of nitrogens with one attached hydrogen (secondary N) is 1. The summed E-state index contributed by atoms with van der Waals surface area (Å²) in [4.78, 5) is 14.7. The number of amides is 1. The predicted molar refractivity (Wildman–Crippen MR) is 107 cm³/mol. The fourth-order valence-electron chi connectivity index (χ4n) is 3.48. The average molecular weight is 387 g/mol. The molecule has 1 heterocycles. The minimum absolute atomic E-state index is 0.0957. The van der Waals surface area contributed by atoms with E-state index < -0.39 is 10.0 Å². The van der Waals surface area contributed by atoms with Gasteiger partial charge in [0, 0.05) is 18.7 Å². The zero-order chi connectivity index (χ0) is 19.6. The Kier molecular flexibility index (Phi) is 5.56. The molecule has 1 unspecified atom stereocenters. The van der Waals surface area contributed by atoms with Gasteiger partial charge in [0.15, 0.2) is 0 Å². The van der Waals surface area contributed by atoms with E-state index >= 15 is 0 Å². The Hall–Kier alpha value is -2.34. The molecule has 0 aliphatic carbocycles. The summed E-state index contributed by atoms with van der Waals surface area (Å²) >= 11 is 0. The number of likely N-dealkylation sites (tertiary alicyclic amines) is 1. The molecule has 3 rings (SSSR count). The molecule has 1 aliphatic rings. The number of piperidine rings is 1. The summed E-state index contributed by atoms with van der Waals surface area (Å²) in [5.41, 5.74) is 2.88. The van der Waals surface area contributed by atoms with E-state index in [0.717, 1.165) is 37.1 Å². The van der Waals surface area contributed by atoms with Crippen LogP contribution in [0.3, 0.4) is 0 Å². The van der Waals surface area contributed by atoms with E-state index in [1.807, 2.05) is 30.9 Å². The van der Waals surface area contributed by atoms with Gasteiger partial charge < -0.3 is 4.90 Å². The van der Waals surface area contributed by atoms with Gasteiger partial charge >= 0.3 is 0 Å². The normalized spacial score (nSPS) is 17.6. The maximum atomic E-state index is 12.8. The van der Waals surface area contributed by atoms with Crippen molar-refractivity contribution in [1.29, 1.82) is 0 Å².